The van der Waals surface area contributed by atoms with Crippen LogP contribution in [0.15, 0.2) is 12.1 Å². The van der Waals surface area contributed by atoms with Crippen LogP contribution >= 0.6 is 0 Å². The SMILES string of the molecule is Cc1cc(C)c(C(N)C(CN)C(C)C)cc1C. The lowest BCUT2D eigenvalue weighted by atomic mass is 9.82. The van der Waals surface area contributed by atoms with Crippen molar-refractivity contribution in [3.05, 3.63) is 34.4 Å². The highest BCUT2D eigenvalue weighted by molar-refractivity contribution is 5.38. The molecule has 1 rings (SSSR count). The third-order valence-corrected chi connectivity index (χ3v) is 3.83. The number of aryl methyl sites for hydroxylation is 3. The van der Waals surface area contributed by atoms with E-state index < -0.39 is 0 Å². The lowest BCUT2D eigenvalue weighted by molar-refractivity contribution is 0.330. The maximum absolute atomic E-state index is 6.39. The summed E-state index contributed by atoms with van der Waals surface area (Å²) in [6, 6.07) is 4.48. The van der Waals surface area contributed by atoms with Crippen LogP contribution in [0.25, 0.3) is 0 Å². The van der Waals surface area contributed by atoms with E-state index in [2.05, 4.69) is 46.8 Å². The summed E-state index contributed by atoms with van der Waals surface area (Å²) in [5.41, 5.74) is 17.4. The zero-order valence-electron chi connectivity index (χ0n) is 11.7. The molecule has 0 amide bonds. The Bertz CT molecular complexity index is 383. The van der Waals surface area contributed by atoms with Gasteiger partial charge in [0.1, 0.15) is 0 Å². The van der Waals surface area contributed by atoms with Crippen LogP contribution in [0.2, 0.25) is 0 Å². The Morgan fingerprint density at radius 3 is 2.00 bits per heavy atom. The second-order valence-electron chi connectivity index (χ2n) is 5.46. The largest absolute Gasteiger partial charge is 0.330 e. The summed E-state index contributed by atoms with van der Waals surface area (Å²) >= 11 is 0. The van der Waals surface area contributed by atoms with Crippen molar-refractivity contribution in [1.82, 2.24) is 0 Å². The van der Waals surface area contributed by atoms with E-state index in [-0.39, 0.29) is 6.04 Å². The second-order valence-corrected chi connectivity index (χ2v) is 5.46. The van der Waals surface area contributed by atoms with Gasteiger partial charge in [-0.2, -0.15) is 0 Å². The van der Waals surface area contributed by atoms with Gasteiger partial charge in [-0.05, 0) is 61.4 Å². The molecule has 96 valence electrons. The Labute approximate surface area is 105 Å². The van der Waals surface area contributed by atoms with Crippen LogP contribution in [-0.4, -0.2) is 6.54 Å². The molecule has 0 aliphatic carbocycles. The molecule has 0 radical (unpaired) electrons. The molecule has 0 saturated heterocycles. The van der Waals surface area contributed by atoms with E-state index in [1.165, 1.54) is 22.3 Å². The Balaban J connectivity index is 3.11. The van der Waals surface area contributed by atoms with Gasteiger partial charge < -0.3 is 11.5 Å². The van der Waals surface area contributed by atoms with Gasteiger partial charge >= 0.3 is 0 Å². The average Bonchev–Trinajstić information content (AvgIpc) is 2.23. The van der Waals surface area contributed by atoms with Crippen LogP contribution in [0.4, 0.5) is 0 Å². The van der Waals surface area contributed by atoms with Gasteiger partial charge in [0.25, 0.3) is 0 Å². The first-order valence-electron chi connectivity index (χ1n) is 6.41. The van der Waals surface area contributed by atoms with E-state index >= 15 is 0 Å². The van der Waals surface area contributed by atoms with Crippen LogP contribution in [0.3, 0.4) is 0 Å². The summed E-state index contributed by atoms with van der Waals surface area (Å²) in [6.07, 6.45) is 0. The zero-order valence-corrected chi connectivity index (χ0v) is 11.7. The molecular weight excluding hydrogens is 208 g/mol. The summed E-state index contributed by atoms with van der Waals surface area (Å²) in [5.74, 6) is 0.854. The maximum atomic E-state index is 6.39. The first-order chi connectivity index (χ1) is 7.88. The molecule has 0 aliphatic rings. The molecular formula is C15H26N2. The first-order valence-corrected chi connectivity index (χ1v) is 6.41. The molecule has 4 N–H and O–H groups in total. The van der Waals surface area contributed by atoms with Crippen molar-refractivity contribution in [2.24, 2.45) is 23.3 Å². The fourth-order valence-electron chi connectivity index (χ4n) is 2.41. The number of nitrogens with two attached hydrogens (primary N) is 2. The van der Waals surface area contributed by atoms with Crippen LogP contribution < -0.4 is 11.5 Å². The molecule has 0 spiro atoms. The van der Waals surface area contributed by atoms with E-state index in [9.17, 15) is 0 Å². The Hall–Kier alpha value is -0.860. The fourth-order valence-corrected chi connectivity index (χ4v) is 2.41. The minimum atomic E-state index is 0.0410. The molecule has 0 heterocycles. The summed E-state index contributed by atoms with van der Waals surface area (Å²) in [5, 5.41) is 0. The van der Waals surface area contributed by atoms with Gasteiger partial charge in [0.2, 0.25) is 0 Å². The summed E-state index contributed by atoms with van der Waals surface area (Å²) in [6.45, 7) is 11.4. The Kier molecular flexibility index (Phi) is 4.72. The number of benzene rings is 1. The molecule has 0 aromatic heterocycles. The third-order valence-electron chi connectivity index (χ3n) is 3.83. The van der Waals surface area contributed by atoms with E-state index in [0.717, 1.165) is 0 Å². The molecule has 2 atom stereocenters. The zero-order chi connectivity index (χ0) is 13.2. The second kappa shape index (κ2) is 5.65. The van der Waals surface area contributed by atoms with Crippen molar-refractivity contribution in [2.75, 3.05) is 6.54 Å². The molecule has 0 fully saturated rings. The van der Waals surface area contributed by atoms with Crippen molar-refractivity contribution >= 4 is 0 Å². The lowest BCUT2D eigenvalue weighted by Gasteiger charge is -2.28. The van der Waals surface area contributed by atoms with Crippen LogP contribution in [0.1, 0.15) is 42.1 Å². The van der Waals surface area contributed by atoms with E-state index in [1.54, 1.807) is 0 Å². The molecule has 2 unspecified atom stereocenters. The molecule has 0 saturated carbocycles. The predicted octanol–water partition coefficient (Wildman–Crippen LogP) is 2.84. The molecule has 1 aromatic rings. The predicted molar refractivity (Wildman–Crippen MR) is 75.0 cm³/mol. The van der Waals surface area contributed by atoms with E-state index in [1.807, 2.05) is 0 Å². The molecule has 2 nitrogen and oxygen atoms in total. The van der Waals surface area contributed by atoms with Gasteiger partial charge in [-0.3, -0.25) is 0 Å². The summed E-state index contributed by atoms with van der Waals surface area (Å²) in [4.78, 5) is 0. The van der Waals surface area contributed by atoms with Crippen molar-refractivity contribution in [1.29, 1.82) is 0 Å². The summed E-state index contributed by atoms with van der Waals surface area (Å²) in [7, 11) is 0. The smallest absolute Gasteiger partial charge is 0.0340 e. The highest BCUT2D eigenvalue weighted by Crippen LogP contribution is 2.29. The molecule has 1 aromatic carbocycles. The van der Waals surface area contributed by atoms with Crippen LogP contribution in [-0.2, 0) is 0 Å². The van der Waals surface area contributed by atoms with Crippen molar-refractivity contribution in [3.8, 4) is 0 Å². The number of hydrogen-bond acceptors (Lipinski definition) is 2. The van der Waals surface area contributed by atoms with Gasteiger partial charge in [-0.15, -0.1) is 0 Å². The third kappa shape index (κ3) is 3.08. The van der Waals surface area contributed by atoms with Gasteiger partial charge in [-0.25, -0.2) is 0 Å². The first kappa shape index (κ1) is 14.2. The highest BCUT2D eigenvalue weighted by Gasteiger charge is 2.22. The topological polar surface area (TPSA) is 52.0 Å². The standard InChI is InChI=1S/C15H26N2/c1-9(2)14(8-16)15(17)13-7-11(4)10(3)6-12(13)5/h6-7,9,14-15H,8,16-17H2,1-5H3. The minimum Gasteiger partial charge on any atom is -0.330 e. The quantitative estimate of drug-likeness (QED) is 0.841. The van der Waals surface area contributed by atoms with Gasteiger partial charge in [0.15, 0.2) is 0 Å². The van der Waals surface area contributed by atoms with Crippen LogP contribution in [0.5, 0.6) is 0 Å². The summed E-state index contributed by atoms with van der Waals surface area (Å²) < 4.78 is 0. The highest BCUT2D eigenvalue weighted by atomic mass is 14.7. The van der Waals surface area contributed by atoms with E-state index in [4.69, 9.17) is 11.5 Å². The molecule has 0 aliphatic heterocycles. The van der Waals surface area contributed by atoms with Gasteiger partial charge in [0, 0.05) is 6.04 Å². The molecule has 0 bridgehead atoms. The van der Waals surface area contributed by atoms with Crippen molar-refractivity contribution < 1.29 is 0 Å². The van der Waals surface area contributed by atoms with Gasteiger partial charge in [-0.1, -0.05) is 26.0 Å². The van der Waals surface area contributed by atoms with Crippen LogP contribution in [0, 0.1) is 32.6 Å². The number of rotatable bonds is 4. The number of hydrogen-bond donors (Lipinski definition) is 2. The maximum Gasteiger partial charge on any atom is 0.0340 e. The molecule has 17 heavy (non-hydrogen) atoms. The normalized spacial score (nSPS) is 15.1. The Morgan fingerprint density at radius 2 is 1.53 bits per heavy atom. The van der Waals surface area contributed by atoms with Crippen molar-refractivity contribution in [2.45, 2.75) is 40.7 Å². The van der Waals surface area contributed by atoms with Crippen molar-refractivity contribution in [3.63, 3.8) is 0 Å². The van der Waals surface area contributed by atoms with Gasteiger partial charge in [0.05, 0.1) is 0 Å². The minimum absolute atomic E-state index is 0.0410. The fraction of sp³-hybridized carbons (Fsp3) is 0.600. The lowest BCUT2D eigenvalue weighted by Crippen LogP contribution is -2.32. The average molecular weight is 234 g/mol. The monoisotopic (exact) mass is 234 g/mol. The molecule has 2 heteroatoms. The van der Waals surface area contributed by atoms with E-state index in [0.29, 0.717) is 18.4 Å². The Morgan fingerprint density at radius 1 is 1.00 bits per heavy atom.